The Bertz CT molecular complexity index is 906. The van der Waals surface area contributed by atoms with Crippen molar-refractivity contribution < 1.29 is 8.78 Å². The zero-order chi connectivity index (χ0) is 17.0. The highest BCUT2D eigenvalue weighted by Gasteiger charge is 2.33. The minimum Gasteiger partial charge on any atom is -0.353 e. The Labute approximate surface area is 142 Å². The van der Waals surface area contributed by atoms with Gasteiger partial charge in [-0.05, 0) is 18.9 Å². The lowest BCUT2D eigenvalue weighted by Crippen LogP contribution is -2.51. The van der Waals surface area contributed by atoms with Crippen LogP contribution in [0.1, 0.15) is 19.4 Å². The third-order valence-corrected chi connectivity index (χ3v) is 5.03. The van der Waals surface area contributed by atoms with Crippen LogP contribution in [0.2, 0.25) is 0 Å². The summed E-state index contributed by atoms with van der Waals surface area (Å²) in [5.74, 6) is 0.896. The predicted octanol–water partition coefficient (Wildman–Crippen LogP) is 2.16. The van der Waals surface area contributed by atoms with Gasteiger partial charge in [0.05, 0.1) is 17.3 Å². The number of piperazine rings is 1. The molecular formula is C16H17F2N7. The van der Waals surface area contributed by atoms with E-state index in [-0.39, 0.29) is 0 Å². The fourth-order valence-corrected chi connectivity index (χ4v) is 3.89. The van der Waals surface area contributed by atoms with Gasteiger partial charge in [-0.3, -0.25) is 0 Å². The quantitative estimate of drug-likeness (QED) is 0.761. The third-order valence-electron chi connectivity index (χ3n) is 5.03. The summed E-state index contributed by atoms with van der Waals surface area (Å²) in [7, 11) is 0. The zero-order valence-corrected chi connectivity index (χ0v) is 13.4. The van der Waals surface area contributed by atoms with Crippen molar-refractivity contribution in [1.82, 2.24) is 30.0 Å². The Morgan fingerprint density at radius 2 is 1.96 bits per heavy atom. The summed E-state index contributed by atoms with van der Waals surface area (Å²) < 4.78 is 26.1. The number of halogens is 2. The van der Waals surface area contributed by atoms with Crippen molar-refractivity contribution in [2.45, 2.75) is 31.5 Å². The van der Waals surface area contributed by atoms with E-state index < -0.39 is 6.55 Å². The highest BCUT2D eigenvalue weighted by molar-refractivity contribution is 5.91. The number of alkyl halides is 2. The van der Waals surface area contributed by atoms with E-state index >= 15 is 0 Å². The summed E-state index contributed by atoms with van der Waals surface area (Å²) in [5.41, 5.74) is 2.02. The van der Waals surface area contributed by atoms with Crippen molar-refractivity contribution in [3.05, 3.63) is 24.8 Å². The molecule has 0 radical (unpaired) electrons. The summed E-state index contributed by atoms with van der Waals surface area (Å²) in [4.78, 5) is 14.3. The molecule has 3 aromatic heterocycles. The van der Waals surface area contributed by atoms with Crippen LogP contribution in [-0.4, -0.2) is 49.9 Å². The van der Waals surface area contributed by atoms with Crippen LogP contribution in [0, 0.1) is 0 Å². The van der Waals surface area contributed by atoms with Crippen LogP contribution >= 0.6 is 0 Å². The molecule has 0 saturated carbocycles. The van der Waals surface area contributed by atoms with E-state index in [1.165, 1.54) is 25.2 Å². The van der Waals surface area contributed by atoms with Gasteiger partial charge in [0, 0.05) is 36.9 Å². The van der Waals surface area contributed by atoms with Crippen LogP contribution in [0.15, 0.2) is 24.8 Å². The predicted molar refractivity (Wildman–Crippen MR) is 88.5 cm³/mol. The molecule has 2 aliphatic heterocycles. The van der Waals surface area contributed by atoms with Crippen molar-refractivity contribution in [2.24, 2.45) is 0 Å². The average molecular weight is 345 g/mol. The Morgan fingerprint density at radius 3 is 2.68 bits per heavy atom. The van der Waals surface area contributed by atoms with E-state index in [0.717, 1.165) is 24.3 Å². The summed E-state index contributed by atoms with van der Waals surface area (Å²) in [5, 5.41) is 8.21. The number of hydrogen-bond donors (Lipinski definition) is 2. The minimum absolute atomic E-state index is 0.506. The van der Waals surface area contributed by atoms with Crippen molar-refractivity contribution in [3.8, 4) is 11.3 Å². The van der Waals surface area contributed by atoms with Crippen LogP contribution < -0.4 is 10.2 Å². The number of nitrogens with zero attached hydrogens (tertiary/aromatic N) is 5. The summed E-state index contributed by atoms with van der Waals surface area (Å²) in [6.07, 6.45) is 6.69. The first-order valence-corrected chi connectivity index (χ1v) is 8.35. The highest BCUT2D eigenvalue weighted by atomic mass is 19.3. The molecule has 0 spiro atoms. The van der Waals surface area contributed by atoms with E-state index in [2.05, 4.69) is 30.3 Å². The molecular weight excluding hydrogens is 328 g/mol. The lowest BCUT2D eigenvalue weighted by molar-refractivity contribution is 0.0566. The number of fused-ring (bicyclic) bond motifs is 3. The normalized spacial score (nSPS) is 23.1. The maximum atomic E-state index is 12.7. The van der Waals surface area contributed by atoms with Crippen LogP contribution in [0.3, 0.4) is 0 Å². The number of hydrogen-bond acceptors (Lipinski definition) is 5. The van der Waals surface area contributed by atoms with Gasteiger partial charge >= 0.3 is 6.55 Å². The van der Waals surface area contributed by atoms with Crippen LogP contribution in [0.25, 0.3) is 22.3 Å². The number of aromatic nitrogens is 5. The van der Waals surface area contributed by atoms with Gasteiger partial charge in [-0.1, -0.05) is 0 Å². The third kappa shape index (κ3) is 2.46. The number of H-pyrrole nitrogens is 1. The van der Waals surface area contributed by atoms with Crippen molar-refractivity contribution in [3.63, 3.8) is 0 Å². The molecule has 2 atom stereocenters. The first-order valence-electron chi connectivity index (χ1n) is 8.35. The Morgan fingerprint density at radius 1 is 1.16 bits per heavy atom. The maximum absolute atomic E-state index is 12.7. The second-order valence-electron chi connectivity index (χ2n) is 6.67. The molecule has 0 amide bonds. The summed E-state index contributed by atoms with van der Waals surface area (Å²) in [6.45, 7) is -0.802. The standard InChI is InChI=1S/C16H17F2N7/c17-16(18)25-5-9(4-21-25)13-3-12-14(23-13)19-8-20-15(12)24-6-10-1-2-11(7-24)22-10/h3-5,8,10-11,16,22H,1-2,6-7H2,(H,19,20,23). The Kier molecular flexibility index (Phi) is 3.24. The van der Waals surface area contributed by atoms with E-state index in [1.807, 2.05) is 6.07 Å². The number of aromatic amines is 1. The summed E-state index contributed by atoms with van der Waals surface area (Å²) >= 11 is 0. The molecule has 25 heavy (non-hydrogen) atoms. The van der Waals surface area contributed by atoms with Gasteiger partial charge in [0.25, 0.3) is 0 Å². The zero-order valence-electron chi connectivity index (χ0n) is 13.4. The van der Waals surface area contributed by atoms with E-state index in [0.29, 0.717) is 33.7 Å². The van der Waals surface area contributed by atoms with E-state index in [1.54, 1.807) is 6.33 Å². The van der Waals surface area contributed by atoms with Gasteiger partial charge in [-0.25, -0.2) is 14.6 Å². The van der Waals surface area contributed by atoms with Gasteiger partial charge in [-0.15, -0.1) is 0 Å². The molecule has 2 aliphatic rings. The molecule has 0 aromatic carbocycles. The van der Waals surface area contributed by atoms with Gasteiger partial charge in [0.2, 0.25) is 0 Å². The van der Waals surface area contributed by atoms with Gasteiger partial charge in [0.1, 0.15) is 17.8 Å². The second-order valence-corrected chi connectivity index (χ2v) is 6.67. The number of anilines is 1. The Hall–Kier alpha value is -2.55. The van der Waals surface area contributed by atoms with Crippen LogP contribution in [0.5, 0.6) is 0 Å². The van der Waals surface area contributed by atoms with Gasteiger partial charge in [0.15, 0.2) is 0 Å². The first-order chi connectivity index (χ1) is 12.2. The average Bonchev–Trinajstić information content (AvgIpc) is 3.31. The molecule has 2 bridgehead atoms. The molecule has 130 valence electrons. The smallest absolute Gasteiger partial charge is 0.333 e. The molecule has 5 rings (SSSR count). The molecule has 0 aliphatic carbocycles. The molecule has 2 unspecified atom stereocenters. The van der Waals surface area contributed by atoms with E-state index in [4.69, 9.17) is 0 Å². The lowest BCUT2D eigenvalue weighted by Gasteiger charge is -2.33. The SMILES string of the molecule is FC(F)n1cc(-c2cc3c(N4CC5CCC(C4)N5)ncnc3[nH]2)cn1. The molecule has 2 saturated heterocycles. The second kappa shape index (κ2) is 5.48. The monoisotopic (exact) mass is 345 g/mol. The Balaban J connectivity index is 1.53. The molecule has 3 aromatic rings. The molecule has 7 nitrogen and oxygen atoms in total. The maximum Gasteiger partial charge on any atom is 0.333 e. The lowest BCUT2D eigenvalue weighted by atomic mass is 10.2. The van der Waals surface area contributed by atoms with Crippen molar-refractivity contribution >= 4 is 16.9 Å². The first kappa shape index (κ1) is 14.8. The van der Waals surface area contributed by atoms with E-state index in [9.17, 15) is 8.78 Å². The van der Waals surface area contributed by atoms with Gasteiger partial charge in [-0.2, -0.15) is 13.9 Å². The largest absolute Gasteiger partial charge is 0.353 e. The highest BCUT2D eigenvalue weighted by Crippen LogP contribution is 2.31. The summed E-state index contributed by atoms with van der Waals surface area (Å²) in [6, 6.07) is 2.93. The minimum atomic E-state index is -2.65. The fourth-order valence-electron chi connectivity index (χ4n) is 3.89. The molecule has 2 N–H and O–H groups in total. The van der Waals surface area contributed by atoms with Crippen molar-refractivity contribution in [1.29, 1.82) is 0 Å². The van der Waals surface area contributed by atoms with Crippen LogP contribution in [-0.2, 0) is 0 Å². The fraction of sp³-hybridized carbons (Fsp3) is 0.438. The topological polar surface area (TPSA) is 74.7 Å². The molecule has 2 fully saturated rings. The number of nitrogens with one attached hydrogen (secondary N) is 2. The molecule has 9 heteroatoms. The molecule has 5 heterocycles. The van der Waals surface area contributed by atoms with Gasteiger partial charge < -0.3 is 15.2 Å². The van der Waals surface area contributed by atoms with Crippen LogP contribution in [0.4, 0.5) is 14.6 Å². The van der Waals surface area contributed by atoms with Crippen molar-refractivity contribution in [2.75, 3.05) is 18.0 Å². The number of rotatable bonds is 3.